The van der Waals surface area contributed by atoms with Gasteiger partial charge in [-0.25, -0.2) is 0 Å². The fourth-order valence-electron chi connectivity index (χ4n) is 1.69. The summed E-state index contributed by atoms with van der Waals surface area (Å²) in [5.74, 6) is 1.09. The molecule has 94 valence electrons. The molecule has 2 rings (SSSR count). The highest BCUT2D eigenvalue weighted by atomic mass is 32.2. The van der Waals surface area contributed by atoms with E-state index in [4.69, 9.17) is 0 Å². The van der Waals surface area contributed by atoms with Crippen LogP contribution >= 0.6 is 11.8 Å². The van der Waals surface area contributed by atoms with E-state index in [1.54, 1.807) is 6.20 Å². The Morgan fingerprint density at radius 2 is 2.06 bits per heavy atom. The fourth-order valence-corrected chi connectivity index (χ4v) is 2.62. The van der Waals surface area contributed by atoms with Crippen LogP contribution in [0.4, 0.5) is 0 Å². The Labute approximate surface area is 113 Å². The molecule has 0 spiro atoms. The van der Waals surface area contributed by atoms with Gasteiger partial charge in [0.25, 0.3) is 0 Å². The zero-order valence-electron chi connectivity index (χ0n) is 10.6. The Bertz CT molecular complexity index is 471. The average molecular weight is 258 g/mol. The maximum absolute atomic E-state index is 4.10. The number of pyridine rings is 1. The summed E-state index contributed by atoms with van der Waals surface area (Å²) >= 11 is 1.90. The third-order valence-corrected chi connectivity index (χ3v) is 3.86. The first-order valence-electron chi connectivity index (χ1n) is 6.14. The lowest BCUT2D eigenvalue weighted by Gasteiger charge is -2.06. The molecule has 0 aliphatic carbocycles. The second-order valence-corrected chi connectivity index (χ2v) is 5.29. The number of rotatable bonds is 6. The normalized spacial score (nSPS) is 10.5. The van der Waals surface area contributed by atoms with Crippen molar-refractivity contribution in [1.82, 2.24) is 10.3 Å². The van der Waals surface area contributed by atoms with E-state index in [1.165, 1.54) is 16.0 Å². The van der Waals surface area contributed by atoms with Crippen LogP contribution in [0.15, 0.2) is 53.7 Å². The van der Waals surface area contributed by atoms with Crippen LogP contribution in [0, 0.1) is 6.92 Å². The Kier molecular flexibility index (Phi) is 5.24. The van der Waals surface area contributed by atoms with E-state index >= 15 is 0 Å². The van der Waals surface area contributed by atoms with E-state index in [0.717, 1.165) is 18.8 Å². The first-order valence-corrected chi connectivity index (χ1v) is 7.13. The lowest BCUT2D eigenvalue weighted by molar-refractivity contribution is 0.729. The average Bonchev–Trinajstić information content (AvgIpc) is 2.42. The van der Waals surface area contributed by atoms with Crippen LogP contribution in [0.3, 0.4) is 0 Å². The molecule has 2 nitrogen and oxygen atoms in total. The minimum absolute atomic E-state index is 0.891. The number of thioether (sulfide) groups is 1. The van der Waals surface area contributed by atoms with E-state index < -0.39 is 0 Å². The van der Waals surface area contributed by atoms with Gasteiger partial charge in [0.2, 0.25) is 0 Å². The van der Waals surface area contributed by atoms with Crippen LogP contribution in [0.2, 0.25) is 0 Å². The van der Waals surface area contributed by atoms with Crippen LogP contribution in [0.1, 0.15) is 11.1 Å². The molecular weight excluding hydrogens is 240 g/mol. The molecule has 0 unspecified atom stereocenters. The molecule has 0 saturated carbocycles. The number of aryl methyl sites for hydroxylation is 1. The smallest absolute Gasteiger partial charge is 0.0312 e. The van der Waals surface area contributed by atoms with Crippen molar-refractivity contribution in [3.63, 3.8) is 0 Å². The quantitative estimate of drug-likeness (QED) is 0.636. The van der Waals surface area contributed by atoms with Crippen molar-refractivity contribution >= 4 is 11.8 Å². The van der Waals surface area contributed by atoms with E-state index in [9.17, 15) is 0 Å². The van der Waals surface area contributed by atoms with Crippen molar-refractivity contribution in [2.45, 2.75) is 18.4 Å². The van der Waals surface area contributed by atoms with Gasteiger partial charge in [-0.05, 0) is 30.2 Å². The van der Waals surface area contributed by atoms with Crippen molar-refractivity contribution in [2.75, 3.05) is 12.3 Å². The van der Waals surface area contributed by atoms with Crippen LogP contribution < -0.4 is 5.32 Å². The zero-order chi connectivity index (χ0) is 12.6. The highest BCUT2D eigenvalue weighted by Gasteiger charge is 1.97. The monoisotopic (exact) mass is 258 g/mol. The summed E-state index contributed by atoms with van der Waals surface area (Å²) in [5, 5.41) is 3.43. The fraction of sp³-hybridized carbons (Fsp3) is 0.267. The summed E-state index contributed by atoms with van der Waals surface area (Å²) in [6, 6.07) is 12.6. The SMILES string of the molecule is Cc1ccccc1SCCNCc1cccnc1. The third kappa shape index (κ3) is 4.17. The van der Waals surface area contributed by atoms with E-state index in [0.29, 0.717) is 0 Å². The molecule has 0 aliphatic rings. The van der Waals surface area contributed by atoms with Crippen LogP contribution in [-0.2, 0) is 6.54 Å². The summed E-state index contributed by atoms with van der Waals surface area (Å²) in [5.41, 5.74) is 2.59. The first-order chi connectivity index (χ1) is 8.86. The van der Waals surface area contributed by atoms with Gasteiger partial charge in [0.1, 0.15) is 0 Å². The van der Waals surface area contributed by atoms with Gasteiger partial charge in [0, 0.05) is 36.1 Å². The van der Waals surface area contributed by atoms with Crippen molar-refractivity contribution in [2.24, 2.45) is 0 Å². The predicted molar refractivity (Wildman–Crippen MR) is 77.8 cm³/mol. The van der Waals surface area contributed by atoms with Crippen molar-refractivity contribution in [3.8, 4) is 0 Å². The number of nitrogens with zero attached hydrogens (tertiary/aromatic N) is 1. The molecule has 0 amide bonds. The van der Waals surface area contributed by atoms with Gasteiger partial charge in [0.05, 0.1) is 0 Å². The minimum Gasteiger partial charge on any atom is -0.312 e. The second kappa shape index (κ2) is 7.19. The van der Waals surface area contributed by atoms with Gasteiger partial charge in [0.15, 0.2) is 0 Å². The third-order valence-electron chi connectivity index (χ3n) is 2.68. The molecule has 2 aromatic rings. The second-order valence-electron chi connectivity index (χ2n) is 4.15. The topological polar surface area (TPSA) is 24.9 Å². The van der Waals surface area contributed by atoms with Crippen molar-refractivity contribution in [1.29, 1.82) is 0 Å². The Morgan fingerprint density at radius 3 is 2.83 bits per heavy atom. The summed E-state index contributed by atoms with van der Waals surface area (Å²) in [6.45, 7) is 4.06. The minimum atomic E-state index is 0.891. The van der Waals surface area contributed by atoms with Gasteiger partial charge in [-0.2, -0.15) is 0 Å². The van der Waals surface area contributed by atoms with Gasteiger partial charge in [-0.3, -0.25) is 4.98 Å². The van der Waals surface area contributed by atoms with E-state index in [1.807, 2.05) is 24.0 Å². The largest absolute Gasteiger partial charge is 0.312 e. The molecule has 0 saturated heterocycles. The summed E-state index contributed by atoms with van der Waals surface area (Å²) in [4.78, 5) is 5.47. The van der Waals surface area contributed by atoms with Gasteiger partial charge < -0.3 is 5.32 Å². The number of aromatic nitrogens is 1. The number of benzene rings is 1. The summed E-state index contributed by atoms with van der Waals surface area (Å²) < 4.78 is 0. The molecule has 0 aliphatic heterocycles. The highest BCUT2D eigenvalue weighted by molar-refractivity contribution is 7.99. The Hall–Kier alpha value is -1.32. The number of hydrogen-bond donors (Lipinski definition) is 1. The number of hydrogen-bond acceptors (Lipinski definition) is 3. The first kappa shape index (κ1) is 13.1. The lowest BCUT2D eigenvalue weighted by atomic mass is 10.2. The van der Waals surface area contributed by atoms with Gasteiger partial charge in [-0.1, -0.05) is 24.3 Å². The maximum Gasteiger partial charge on any atom is 0.0312 e. The molecule has 1 aromatic heterocycles. The van der Waals surface area contributed by atoms with Crippen LogP contribution in [0.25, 0.3) is 0 Å². The molecular formula is C15H18N2S. The van der Waals surface area contributed by atoms with E-state index in [2.05, 4.69) is 47.6 Å². The summed E-state index contributed by atoms with van der Waals surface area (Å²) in [6.07, 6.45) is 3.71. The van der Waals surface area contributed by atoms with Gasteiger partial charge in [-0.15, -0.1) is 11.8 Å². The van der Waals surface area contributed by atoms with Crippen LogP contribution in [-0.4, -0.2) is 17.3 Å². The molecule has 3 heteroatoms. The molecule has 0 bridgehead atoms. The Balaban J connectivity index is 1.66. The molecule has 1 aromatic carbocycles. The maximum atomic E-state index is 4.10. The van der Waals surface area contributed by atoms with Crippen molar-refractivity contribution in [3.05, 3.63) is 59.9 Å². The number of nitrogens with one attached hydrogen (secondary N) is 1. The molecule has 1 heterocycles. The lowest BCUT2D eigenvalue weighted by Crippen LogP contribution is -2.16. The Morgan fingerprint density at radius 1 is 1.17 bits per heavy atom. The van der Waals surface area contributed by atoms with Gasteiger partial charge >= 0.3 is 0 Å². The zero-order valence-corrected chi connectivity index (χ0v) is 11.4. The standard InChI is InChI=1S/C15H18N2S/c1-13-5-2-3-7-15(13)18-10-9-17-12-14-6-4-8-16-11-14/h2-8,11,17H,9-10,12H2,1H3. The highest BCUT2D eigenvalue weighted by Crippen LogP contribution is 2.20. The summed E-state index contributed by atoms with van der Waals surface area (Å²) in [7, 11) is 0. The van der Waals surface area contributed by atoms with Crippen molar-refractivity contribution < 1.29 is 0 Å². The molecule has 0 atom stereocenters. The molecule has 1 N–H and O–H groups in total. The molecule has 18 heavy (non-hydrogen) atoms. The molecule has 0 fully saturated rings. The molecule has 0 radical (unpaired) electrons. The predicted octanol–water partition coefficient (Wildman–Crippen LogP) is 3.27. The van der Waals surface area contributed by atoms with E-state index in [-0.39, 0.29) is 0 Å². The van der Waals surface area contributed by atoms with Crippen LogP contribution in [0.5, 0.6) is 0 Å².